The summed E-state index contributed by atoms with van der Waals surface area (Å²) in [6.45, 7) is 4.32. The van der Waals surface area contributed by atoms with E-state index in [9.17, 15) is 4.79 Å². The fourth-order valence-electron chi connectivity index (χ4n) is 3.23. The Labute approximate surface area is 115 Å². The summed E-state index contributed by atoms with van der Waals surface area (Å²) in [5.41, 5.74) is 7.53. The van der Waals surface area contributed by atoms with Gasteiger partial charge in [0.15, 0.2) is 0 Å². The lowest BCUT2D eigenvalue weighted by atomic mass is 10.1. The summed E-state index contributed by atoms with van der Waals surface area (Å²) in [4.78, 5) is 12.4. The lowest BCUT2D eigenvalue weighted by molar-refractivity contribution is 0.344. The summed E-state index contributed by atoms with van der Waals surface area (Å²) < 4.78 is 3.94. The highest BCUT2D eigenvalue weighted by Gasteiger charge is 2.22. The molecule has 1 heterocycles. The first-order valence-corrected chi connectivity index (χ1v) is 7.58. The van der Waals surface area contributed by atoms with Gasteiger partial charge in [-0.1, -0.05) is 39.5 Å². The van der Waals surface area contributed by atoms with Crippen molar-refractivity contribution >= 4 is 5.69 Å². The van der Waals surface area contributed by atoms with Gasteiger partial charge in [-0.25, -0.2) is 4.68 Å². The molecule has 0 unspecified atom stereocenters. The largest absolute Gasteiger partial charge is 0.393 e. The molecule has 1 aromatic rings. The predicted molar refractivity (Wildman–Crippen MR) is 79.4 cm³/mol. The Morgan fingerprint density at radius 2 is 1.79 bits per heavy atom. The van der Waals surface area contributed by atoms with Crippen LogP contribution in [0.3, 0.4) is 0 Å². The van der Waals surface area contributed by atoms with Crippen molar-refractivity contribution in [1.29, 1.82) is 0 Å². The number of rotatable bonds is 3. The second-order valence-corrected chi connectivity index (χ2v) is 6.28. The molecule has 0 saturated heterocycles. The molecule has 0 aromatic carbocycles. The molecule has 4 heteroatoms. The number of nitrogen functional groups attached to an aromatic ring is 1. The zero-order valence-corrected chi connectivity index (χ0v) is 12.5. The molecule has 108 valence electrons. The van der Waals surface area contributed by atoms with Crippen LogP contribution in [0.2, 0.25) is 0 Å². The van der Waals surface area contributed by atoms with Gasteiger partial charge in [-0.3, -0.25) is 9.48 Å². The summed E-state index contributed by atoms with van der Waals surface area (Å²) in [6, 6.07) is 0.336. The van der Waals surface area contributed by atoms with Crippen LogP contribution in [0, 0.1) is 5.92 Å². The van der Waals surface area contributed by atoms with E-state index in [1.165, 1.54) is 25.7 Å². The van der Waals surface area contributed by atoms with Gasteiger partial charge in [-0.15, -0.1) is 0 Å². The van der Waals surface area contributed by atoms with E-state index in [1.54, 1.807) is 0 Å². The van der Waals surface area contributed by atoms with Crippen molar-refractivity contribution in [2.45, 2.75) is 64.8 Å². The molecule has 1 aliphatic carbocycles. The fraction of sp³-hybridized carbons (Fsp3) is 0.800. The van der Waals surface area contributed by atoms with E-state index < -0.39 is 0 Å². The monoisotopic (exact) mass is 265 g/mol. The zero-order valence-electron chi connectivity index (χ0n) is 12.5. The van der Waals surface area contributed by atoms with Gasteiger partial charge in [0.1, 0.15) is 5.69 Å². The standard InChI is InChI=1S/C15H27N3O/c1-11(2)10-13-14(16)15(19)18(17(13)3)12-8-6-4-5-7-9-12/h11-12H,4-10,16H2,1-3H3. The van der Waals surface area contributed by atoms with E-state index in [0.717, 1.165) is 25.0 Å². The molecular weight excluding hydrogens is 238 g/mol. The minimum atomic E-state index is 0.0186. The van der Waals surface area contributed by atoms with Crippen LogP contribution in [0.15, 0.2) is 4.79 Å². The first-order chi connectivity index (χ1) is 9.02. The summed E-state index contributed by atoms with van der Waals surface area (Å²) in [5.74, 6) is 0.512. The Morgan fingerprint density at radius 3 is 2.32 bits per heavy atom. The molecule has 0 spiro atoms. The Balaban J connectivity index is 2.37. The van der Waals surface area contributed by atoms with E-state index in [2.05, 4.69) is 13.8 Å². The van der Waals surface area contributed by atoms with Gasteiger partial charge in [-0.05, 0) is 25.2 Å². The first kappa shape index (κ1) is 14.2. The molecule has 0 bridgehead atoms. The maximum Gasteiger partial charge on any atom is 0.290 e. The molecule has 0 radical (unpaired) electrons. The molecule has 19 heavy (non-hydrogen) atoms. The summed E-state index contributed by atoms with van der Waals surface area (Å²) >= 11 is 0. The van der Waals surface area contributed by atoms with Crippen LogP contribution in [0.1, 0.15) is 64.1 Å². The van der Waals surface area contributed by atoms with Crippen LogP contribution in [0.5, 0.6) is 0 Å². The van der Waals surface area contributed by atoms with Gasteiger partial charge in [0, 0.05) is 7.05 Å². The Bertz CT molecular complexity index is 476. The van der Waals surface area contributed by atoms with Crippen LogP contribution < -0.4 is 11.3 Å². The quantitative estimate of drug-likeness (QED) is 0.854. The molecule has 4 nitrogen and oxygen atoms in total. The van der Waals surface area contributed by atoms with E-state index >= 15 is 0 Å². The molecule has 1 fully saturated rings. The van der Waals surface area contributed by atoms with Crippen molar-refractivity contribution < 1.29 is 0 Å². The molecule has 0 aliphatic heterocycles. The lowest BCUT2D eigenvalue weighted by Crippen LogP contribution is -2.27. The van der Waals surface area contributed by atoms with Crippen molar-refractivity contribution in [3.05, 3.63) is 16.0 Å². The average molecular weight is 265 g/mol. The van der Waals surface area contributed by atoms with Gasteiger partial charge in [0.2, 0.25) is 0 Å². The molecular formula is C15H27N3O. The maximum atomic E-state index is 12.4. The third kappa shape index (κ3) is 2.88. The topological polar surface area (TPSA) is 53.0 Å². The second kappa shape index (κ2) is 5.85. The Hall–Kier alpha value is -1.19. The number of nitrogens with two attached hydrogens (primary N) is 1. The van der Waals surface area contributed by atoms with E-state index in [-0.39, 0.29) is 5.56 Å². The van der Waals surface area contributed by atoms with Crippen LogP contribution in [-0.2, 0) is 13.5 Å². The van der Waals surface area contributed by atoms with Crippen molar-refractivity contribution in [2.75, 3.05) is 5.73 Å². The minimum Gasteiger partial charge on any atom is -0.393 e. The van der Waals surface area contributed by atoms with Crippen LogP contribution in [0.25, 0.3) is 0 Å². The molecule has 0 amide bonds. The minimum absolute atomic E-state index is 0.0186. The molecule has 1 aromatic heterocycles. The number of hydrogen-bond acceptors (Lipinski definition) is 2. The van der Waals surface area contributed by atoms with Crippen LogP contribution in [-0.4, -0.2) is 9.36 Å². The van der Waals surface area contributed by atoms with E-state index in [1.807, 2.05) is 16.4 Å². The molecule has 2 rings (SSSR count). The third-order valence-electron chi connectivity index (χ3n) is 4.24. The van der Waals surface area contributed by atoms with Crippen molar-refractivity contribution in [1.82, 2.24) is 9.36 Å². The van der Waals surface area contributed by atoms with Crippen molar-refractivity contribution in [3.63, 3.8) is 0 Å². The maximum absolute atomic E-state index is 12.4. The molecule has 1 aliphatic rings. The smallest absolute Gasteiger partial charge is 0.290 e. The van der Waals surface area contributed by atoms with Gasteiger partial charge < -0.3 is 5.73 Å². The fourth-order valence-corrected chi connectivity index (χ4v) is 3.23. The summed E-state index contributed by atoms with van der Waals surface area (Å²) in [6.07, 6.45) is 8.13. The highest BCUT2D eigenvalue weighted by atomic mass is 16.1. The summed E-state index contributed by atoms with van der Waals surface area (Å²) in [5, 5.41) is 0. The number of nitrogens with zero attached hydrogens (tertiary/aromatic N) is 2. The number of hydrogen-bond donors (Lipinski definition) is 1. The SMILES string of the molecule is CC(C)Cc1c(N)c(=O)n(C2CCCCCC2)n1C. The highest BCUT2D eigenvalue weighted by Crippen LogP contribution is 2.27. The predicted octanol–water partition coefficient (Wildman–Crippen LogP) is 2.86. The van der Waals surface area contributed by atoms with E-state index in [0.29, 0.717) is 17.6 Å². The molecule has 2 N–H and O–H groups in total. The van der Waals surface area contributed by atoms with Gasteiger partial charge in [0.25, 0.3) is 5.56 Å². The van der Waals surface area contributed by atoms with Gasteiger partial charge in [-0.2, -0.15) is 0 Å². The van der Waals surface area contributed by atoms with Crippen LogP contribution >= 0.6 is 0 Å². The van der Waals surface area contributed by atoms with Gasteiger partial charge >= 0.3 is 0 Å². The van der Waals surface area contributed by atoms with Crippen molar-refractivity contribution in [3.8, 4) is 0 Å². The first-order valence-electron chi connectivity index (χ1n) is 7.58. The molecule has 1 saturated carbocycles. The van der Waals surface area contributed by atoms with Crippen molar-refractivity contribution in [2.24, 2.45) is 13.0 Å². The number of aromatic nitrogens is 2. The van der Waals surface area contributed by atoms with E-state index in [4.69, 9.17) is 5.73 Å². The normalized spacial score (nSPS) is 17.9. The van der Waals surface area contributed by atoms with Crippen LogP contribution in [0.4, 0.5) is 5.69 Å². The highest BCUT2D eigenvalue weighted by molar-refractivity contribution is 5.42. The Morgan fingerprint density at radius 1 is 1.21 bits per heavy atom. The Kier molecular flexibility index (Phi) is 4.38. The average Bonchev–Trinajstić information content (AvgIpc) is 2.58. The van der Waals surface area contributed by atoms with Gasteiger partial charge in [0.05, 0.1) is 11.7 Å². The lowest BCUT2D eigenvalue weighted by Gasteiger charge is -2.19. The second-order valence-electron chi connectivity index (χ2n) is 6.28. The zero-order chi connectivity index (χ0) is 14.0. The third-order valence-corrected chi connectivity index (χ3v) is 4.24. The summed E-state index contributed by atoms with van der Waals surface area (Å²) in [7, 11) is 1.99. The number of anilines is 1. The molecule has 0 atom stereocenters.